The van der Waals surface area contributed by atoms with Gasteiger partial charge in [0.1, 0.15) is 35.1 Å². The molecule has 0 aromatic heterocycles. The van der Waals surface area contributed by atoms with Gasteiger partial charge in [-0.2, -0.15) is 0 Å². The molecule has 0 saturated carbocycles. The Morgan fingerprint density at radius 3 is 2.52 bits per heavy atom. The van der Waals surface area contributed by atoms with E-state index in [2.05, 4.69) is 0 Å². The molecule has 0 spiro atoms. The van der Waals surface area contributed by atoms with E-state index in [9.17, 15) is 18.4 Å². The second kappa shape index (κ2) is 7.35. The molecule has 2 aliphatic rings. The minimum atomic E-state index is -0.981. The molecule has 152 valence electrons. The van der Waals surface area contributed by atoms with Crippen LogP contribution in [0.1, 0.15) is 15.9 Å². The summed E-state index contributed by atoms with van der Waals surface area (Å²) < 4.78 is 39.0. The molecule has 6 nitrogen and oxygen atoms in total. The average Bonchev–Trinajstić information content (AvgIpc) is 3.03. The summed E-state index contributed by atoms with van der Waals surface area (Å²) in [6.07, 6.45) is 0.0338. The van der Waals surface area contributed by atoms with E-state index in [-0.39, 0.29) is 32.0 Å². The largest absolute Gasteiger partial charge is 0.497 e. The second-order valence-corrected chi connectivity index (χ2v) is 7.29. The molecule has 4 rings (SSSR count). The van der Waals surface area contributed by atoms with Gasteiger partial charge >= 0.3 is 6.09 Å². The fourth-order valence-corrected chi connectivity index (χ4v) is 4.04. The molecular weight excluding hydrogens is 382 g/mol. The highest BCUT2D eigenvalue weighted by molar-refractivity contribution is 5.95. The number of rotatable bonds is 4. The van der Waals surface area contributed by atoms with Crippen LogP contribution in [-0.2, 0) is 11.2 Å². The third-order valence-corrected chi connectivity index (χ3v) is 5.46. The minimum absolute atomic E-state index is 0.00305. The number of cyclic esters (lactones) is 1. The lowest BCUT2D eigenvalue weighted by molar-refractivity contribution is 0.0368. The molecule has 0 radical (unpaired) electrons. The van der Waals surface area contributed by atoms with Gasteiger partial charge in [-0.1, -0.05) is 30.3 Å². The van der Waals surface area contributed by atoms with Gasteiger partial charge in [0.2, 0.25) is 0 Å². The standard InChI is InChI=1S/C21H20F2N2O4/c1-28-15-9-16(22)18(17(23)10-15)19(26)24-7-8-25-20(27)29-13-21(25,12-24)11-14-5-3-2-4-6-14/h2-6,9-10H,7-8,11-13H2,1H3. The van der Waals surface area contributed by atoms with Crippen molar-refractivity contribution in [2.45, 2.75) is 12.0 Å². The molecule has 8 heteroatoms. The number of benzene rings is 2. The first-order valence-corrected chi connectivity index (χ1v) is 9.24. The molecule has 2 heterocycles. The molecule has 2 fully saturated rings. The lowest BCUT2D eigenvalue weighted by Gasteiger charge is -2.44. The fraction of sp³-hybridized carbons (Fsp3) is 0.333. The number of hydrogen-bond acceptors (Lipinski definition) is 4. The number of halogens is 2. The molecule has 2 aromatic carbocycles. The molecule has 1 unspecified atom stereocenters. The molecular formula is C21H20F2N2O4. The van der Waals surface area contributed by atoms with E-state index in [0.717, 1.165) is 17.7 Å². The average molecular weight is 402 g/mol. The van der Waals surface area contributed by atoms with Crippen LogP contribution >= 0.6 is 0 Å². The van der Waals surface area contributed by atoms with Crippen LogP contribution in [-0.4, -0.2) is 60.7 Å². The van der Waals surface area contributed by atoms with Crippen LogP contribution in [0.25, 0.3) is 0 Å². The molecule has 2 amide bonds. The number of fused-ring (bicyclic) bond motifs is 1. The van der Waals surface area contributed by atoms with Gasteiger partial charge in [0.15, 0.2) is 0 Å². The summed E-state index contributed by atoms with van der Waals surface area (Å²) in [5.74, 6) is -2.72. The first kappa shape index (κ1) is 19.2. The number of methoxy groups -OCH3 is 1. The van der Waals surface area contributed by atoms with Gasteiger partial charge in [-0.15, -0.1) is 0 Å². The highest BCUT2D eigenvalue weighted by atomic mass is 19.1. The van der Waals surface area contributed by atoms with Crippen LogP contribution in [0.3, 0.4) is 0 Å². The van der Waals surface area contributed by atoms with Crippen molar-refractivity contribution in [3.05, 3.63) is 65.2 Å². The zero-order valence-electron chi connectivity index (χ0n) is 15.9. The van der Waals surface area contributed by atoms with Crippen molar-refractivity contribution < 1.29 is 27.8 Å². The first-order chi connectivity index (χ1) is 13.9. The van der Waals surface area contributed by atoms with Crippen LogP contribution in [0.15, 0.2) is 42.5 Å². The van der Waals surface area contributed by atoms with E-state index in [1.165, 1.54) is 12.0 Å². The van der Waals surface area contributed by atoms with Gasteiger partial charge < -0.3 is 14.4 Å². The second-order valence-electron chi connectivity index (χ2n) is 7.29. The lowest BCUT2D eigenvalue weighted by atomic mass is 9.88. The predicted octanol–water partition coefficient (Wildman–Crippen LogP) is 2.86. The number of nitrogens with zero attached hydrogens (tertiary/aromatic N) is 2. The Bertz CT molecular complexity index is 930. The van der Waals surface area contributed by atoms with Crippen LogP contribution < -0.4 is 4.74 Å². The van der Waals surface area contributed by atoms with E-state index < -0.39 is 34.7 Å². The Kier molecular flexibility index (Phi) is 4.86. The van der Waals surface area contributed by atoms with Crippen molar-refractivity contribution >= 4 is 12.0 Å². The van der Waals surface area contributed by atoms with Crippen LogP contribution in [0, 0.1) is 11.6 Å². The topological polar surface area (TPSA) is 59.1 Å². The number of piperazine rings is 1. The van der Waals surface area contributed by atoms with E-state index in [4.69, 9.17) is 9.47 Å². The van der Waals surface area contributed by atoms with E-state index >= 15 is 0 Å². The van der Waals surface area contributed by atoms with Gasteiger partial charge in [-0.3, -0.25) is 9.69 Å². The molecule has 0 N–H and O–H groups in total. The number of carbonyl (C=O) groups is 2. The highest BCUT2D eigenvalue weighted by Gasteiger charge is 2.51. The summed E-state index contributed by atoms with van der Waals surface area (Å²) in [7, 11) is 1.29. The van der Waals surface area contributed by atoms with Gasteiger partial charge in [-0.05, 0) is 5.56 Å². The Morgan fingerprint density at radius 2 is 1.86 bits per heavy atom. The molecule has 0 bridgehead atoms. The van der Waals surface area contributed by atoms with Crippen LogP contribution in [0.2, 0.25) is 0 Å². The first-order valence-electron chi connectivity index (χ1n) is 9.24. The van der Waals surface area contributed by atoms with Crippen molar-refractivity contribution in [3.8, 4) is 5.75 Å². The van der Waals surface area contributed by atoms with Crippen molar-refractivity contribution in [1.82, 2.24) is 9.80 Å². The SMILES string of the molecule is COc1cc(F)c(C(=O)N2CCN3C(=O)OCC3(Cc3ccccc3)C2)c(F)c1. The van der Waals surface area contributed by atoms with Gasteiger partial charge in [0.25, 0.3) is 5.91 Å². The molecule has 1 atom stereocenters. The van der Waals surface area contributed by atoms with Gasteiger partial charge in [0.05, 0.1) is 7.11 Å². The maximum absolute atomic E-state index is 14.4. The summed E-state index contributed by atoms with van der Waals surface area (Å²) >= 11 is 0. The smallest absolute Gasteiger partial charge is 0.410 e. The highest BCUT2D eigenvalue weighted by Crippen LogP contribution is 2.33. The van der Waals surface area contributed by atoms with E-state index in [0.29, 0.717) is 6.42 Å². The maximum atomic E-state index is 14.4. The van der Waals surface area contributed by atoms with Crippen molar-refractivity contribution in [2.75, 3.05) is 33.4 Å². The third kappa shape index (κ3) is 3.39. The van der Waals surface area contributed by atoms with Crippen LogP contribution in [0.5, 0.6) is 5.75 Å². The number of hydrogen-bond donors (Lipinski definition) is 0. The summed E-state index contributed by atoms with van der Waals surface area (Å²) in [6, 6.07) is 11.5. The van der Waals surface area contributed by atoms with Crippen LogP contribution in [0.4, 0.5) is 13.6 Å². The molecule has 2 aromatic rings. The van der Waals surface area contributed by atoms with E-state index in [1.807, 2.05) is 30.3 Å². The lowest BCUT2D eigenvalue weighted by Crippen LogP contribution is -2.63. The Labute approximate surface area is 166 Å². The zero-order chi connectivity index (χ0) is 20.6. The maximum Gasteiger partial charge on any atom is 0.410 e. The van der Waals surface area contributed by atoms with Crippen molar-refractivity contribution in [2.24, 2.45) is 0 Å². The Hall–Kier alpha value is -3.16. The molecule has 29 heavy (non-hydrogen) atoms. The monoisotopic (exact) mass is 402 g/mol. The van der Waals surface area contributed by atoms with Crippen molar-refractivity contribution in [1.29, 1.82) is 0 Å². The van der Waals surface area contributed by atoms with E-state index in [1.54, 1.807) is 4.90 Å². The quantitative estimate of drug-likeness (QED) is 0.789. The Morgan fingerprint density at radius 1 is 1.17 bits per heavy atom. The molecule has 0 aliphatic carbocycles. The van der Waals surface area contributed by atoms with Gasteiger partial charge in [0, 0.05) is 38.2 Å². The number of carbonyl (C=O) groups excluding carboxylic acids is 2. The Balaban J connectivity index is 1.63. The summed E-state index contributed by atoms with van der Waals surface area (Å²) in [5, 5.41) is 0. The number of ether oxygens (including phenoxy) is 2. The summed E-state index contributed by atoms with van der Waals surface area (Å²) in [4.78, 5) is 28.2. The van der Waals surface area contributed by atoms with Crippen molar-refractivity contribution in [3.63, 3.8) is 0 Å². The zero-order valence-corrected chi connectivity index (χ0v) is 15.9. The fourth-order valence-electron chi connectivity index (χ4n) is 4.04. The third-order valence-electron chi connectivity index (χ3n) is 5.46. The number of amides is 2. The minimum Gasteiger partial charge on any atom is -0.497 e. The summed E-state index contributed by atoms with van der Waals surface area (Å²) in [5.41, 5.74) is -0.419. The normalized spacial score (nSPS) is 21.0. The molecule has 2 saturated heterocycles. The predicted molar refractivity (Wildman–Crippen MR) is 99.7 cm³/mol. The van der Waals surface area contributed by atoms with Gasteiger partial charge in [-0.25, -0.2) is 13.6 Å². The molecule has 2 aliphatic heterocycles. The summed E-state index contributed by atoms with van der Waals surface area (Å²) in [6.45, 7) is 0.627.